The summed E-state index contributed by atoms with van der Waals surface area (Å²) >= 11 is 1.98. The second-order valence-electron chi connectivity index (χ2n) is 15.9. The van der Waals surface area contributed by atoms with E-state index in [0.717, 1.165) is 24.9 Å². The number of benzene rings is 1. The Morgan fingerprint density at radius 3 is 2.53 bits per heavy atom. The summed E-state index contributed by atoms with van der Waals surface area (Å²) in [4.78, 5) is 5.83. The Morgan fingerprint density at radius 2 is 1.77 bits per heavy atom. The van der Waals surface area contributed by atoms with E-state index >= 15 is 0 Å². The van der Waals surface area contributed by atoms with Crippen LogP contribution in [0.25, 0.3) is 0 Å². The van der Waals surface area contributed by atoms with Crippen molar-refractivity contribution in [1.82, 2.24) is 25.2 Å². The van der Waals surface area contributed by atoms with Gasteiger partial charge in [-0.1, -0.05) is 63.3 Å². The highest BCUT2D eigenvalue weighted by Crippen LogP contribution is 2.55. The lowest BCUT2D eigenvalue weighted by Crippen LogP contribution is -2.63. The lowest BCUT2D eigenvalue weighted by Gasteiger charge is -2.53. The molecule has 1 spiro atoms. The molecule has 3 aliphatic heterocycles. The lowest BCUT2D eigenvalue weighted by atomic mass is 9.63. The van der Waals surface area contributed by atoms with Crippen molar-refractivity contribution >= 4 is 11.9 Å². The maximum absolute atomic E-state index is 7.42. The van der Waals surface area contributed by atoms with Crippen LogP contribution in [0.4, 0.5) is 0 Å². The van der Waals surface area contributed by atoms with E-state index in [1.54, 1.807) is 0 Å². The molecule has 0 amide bonds. The molecule has 6 fully saturated rings. The Kier molecular flexibility index (Phi) is 9.51. The fraction of sp³-hybridized carbons (Fsp3) is 0.833. The van der Waals surface area contributed by atoms with Gasteiger partial charge in [0, 0.05) is 56.0 Å². The predicted octanol–water partition coefficient (Wildman–Crippen LogP) is 6.49. The zero-order chi connectivity index (χ0) is 29.6. The summed E-state index contributed by atoms with van der Waals surface area (Å²) in [5.41, 5.74) is 4.89. The van der Waals surface area contributed by atoms with Crippen molar-refractivity contribution in [1.29, 1.82) is 0 Å². The van der Waals surface area contributed by atoms with Crippen LogP contribution in [-0.2, 0) is 4.74 Å². The quantitative estimate of drug-likeness (QED) is 0.338. The molecule has 240 valence electrons. The van der Waals surface area contributed by atoms with Crippen LogP contribution in [0.5, 0.6) is 0 Å². The average Bonchev–Trinajstić information content (AvgIpc) is 3.39. The normalized spacial score (nSPS) is 39.0. The zero-order valence-corrected chi connectivity index (χ0v) is 28.3. The number of aryl methyl sites for hydroxylation is 2. The topological polar surface area (TPSA) is 51.8 Å². The molecule has 1 aromatic rings. The van der Waals surface area contributed by atoms with Gasteiger partial charge in [-0.2, -0.15) is 0 Å². The zero-order valence-electron chi connectivity index (χ0n) is 27.5. The minimum atomic E-state index is 0.0208. The van der Waals surface area contributed by atoms with Crippen molar-refractivity contribution in [2.75, 3.05) is 26.2 Å². The fourth-order valence-electron chi connectivity index (χ4n) is 10.1. The van der Waals surface area contributed by atoms with Gasteiger partial charge >= 0.3 is 0 Å². The van der Waals surface area contributed by atoms with Gasteiger partial charge in [0.1, 0.15) is 12.5 Å². The van der Waals surface area contributed by atoms with E-state index in [1.807, 2.05) is 11.9 Å². The standard InChI is InChI=1S/C36H59N5OS/c1-24(2)17-31-32-23-40(15-16-41(31)28-20-36(21-28)13-5-6-14-36)22-27-11-8-12-29(18-27)43-39-35-37-30(19-33(38-35)42-32)34-25(3)9-7-10-26(34)4/h7,9-10,24,27-33,35,37-39H,5-6,8,11-23H2,1-4H3/t27?,29?,30?,31-,32+,33?,35?/m1/s1. The molecule has 6 unspecified atom stereocenters. The van der Waals surface area contributed by atoms with Gasteiger partial charge in [-0.15, -0.1) is 0 Å². The Bertz CT molecular complexity index is 1070. The molecule has 3 saturated carbocycles. The first-order chi connectivity index (χ1) is 20.8. The Morgan fingerprint density at radius 1 is 0.977 bits per heavy atom. The monoisotopic (exact) mass is 609 g/mol. The number of hydrogen-bond donors (Lipinski definition) is 3. The number of nitrogens with zero attached hydrogens (tertiary/aromatic N) is 2. The number of rotatable bonds is 4. The molecule has 6 nitrogen and oxygen atoms in total. The molecule has 8 atom stereocenters. The third-order valence-electron chi connectivity index (χ3n) is 12.2. The second-order valence-corrected chi connectivity index (χ2v) is 17.0. The van der Waals surface area contributed by atoms with Crippen LogP contribution in [0.15, 0.2) is 18.2 Å². The smallest absolute Gasteiger partial charge is 0.123 e. The summed E-state index contributed by atoms with van der Waals surface area (Å²) in [7, 11) is 0. The van der Waals surface area contributed by atoms with E-state index in [9.17, 15) is 0 Å². The van der Waals surface area contributed by atoms with Gasteiger partial charge in [0.2, 0.25) is 0 Å². The van der Waals surface area contributed by atoms with E-state index in [1.165, 1.54) is 107 Å². The van der Waals surface area contributed by atoms with Crippen molar-refractivity contribution in [3.05, 3.63) is 34.9 Å². The maximum Gasteiger partial charge on any atom is 0.123 e. The number of nitrogens with one attached hydrogen (secondary N) is 3. The first-order valence-electron chi connectivity index (χ1n) is 18.0. The summed E-state index contributed by atoms with van der Waals surface area (Å²) in [6.45, 7) is 14.2. The van der Waals surface area contributed by atoms with Gasteiger partial charge in [-0.05, 0) is 99.2 Å². The van der Waals surface area contributed by atoms with Crippen LogP contribution in [-0.4, -0.2) is 71.9 Å². The van der Waals surface area contributed by atoms with Gasteiger partial charge in [0.05, 0.1) is 6.10 Å². The van der Waals surface area contributed by atoms with Crippen molar-refractivity contribution in [2.24, 2.45) is 17.3 Å². The van der Waals surface area contributed by atoms with Crippen molar-refractivity contribution in [3.8, 4) is 0 Å². The van der Waals surface area contributed by atoms with E-state index in [-0.39, 0.29) is 24.7 Å². The predicted molar refractivity (Wildman–Crippen MR) is 179 cm³/mol. The van der Waals surface area contributed by atoms with Crippen molar-refractivity contribution in [2.45, 2.75) is 147 Å². The first kappa shape index (κ1) is 31.0. The van der Waals surface area contributed by atoms with Crippen molar-refractivity contribution < 1.29 is 4.74 Å². The third kappa shape index (κ3) is 6.89. The van der Waals surface area contributed by atoms with Gasteiger partial charge in [0.15, 0.2) is 0 Å². The Labute approximate surface area is 266 Å². The van der Waals surface area contributed by atoms with E-state index in [2.05, 4.69) is 71.0 Å². The summed E-state index contributed by atoms with van der Waals surface area (Å²) in [6.07, 6.45) is 16.6. The number of fused-ring (bicyclic) bond motifs is 6. The van der Waals surface area contributed by atoms with Gasteiger partial charge in [-0.3, -0.25) is 20.4 Å². The van der Waals surface area contributed by atoms with Crippen LogP contribution in [0.3, 0.4) is 0 Å². The number of ether oxygens (including phenoxy) is 1. The largest absolute Gasteiger partial charge is 0.357 e. The molecular formula is C36H59N5OS. The highest BCUT2D eigenvalue weighted by molar-refractivity contribution is 7.98. The van der Waals surface area contributed by atoms with Crippen LogP contribution in [0.1, 0.15) is 114 Å². The molecule has 7 rings (SSSR count). The summed E-state index contributed by atoms with van der Waals surface area (Å²) < 4.78 is 11.3. The summed E-state index contributed by atoms with van der Waals surface area (Å²) in [5, 5.41) is 8.56. The highest BCUT2D eigenvalue weighted by atomic mass is 32.2. The minimum Gasteiger partial charge on any atom is -0.357 e. The summed E-state index contributed by atoms with van der Waals surface area (Å²) in [5.74, 6) is 1.47. The Balaban J connectivity index is 1.19. The second kappa shape index (κ2) is 13.2. The molecule has 6 bridgehead atoms. The first-order valence-corrected chi connectivity index (χ1v) is 18.8. The van der Waals surface area contributed by atoms with Gasteiger partial charge < -0.3 is 4.74 Å². The average molecular weight is 610 g/mol. The highest BCUT2D eigenvalue weighted by Gasteiger charge is 2.51. The molecule has 0 radical (unpaired) electrons. The van der Waals surface area contributed by atoms with E-state index in [4.69, 9.17) is 4.74 Å². The molecule has 3 heterocycles. The summed E-state index contributed by atoms with van der Waals surface area (Å²) in [6, 6.07) is 8.27. The Hall–Kier alpha value is -0.670. The maximum atomic E-state index is 7.42. The third-order valence-corrected chi connectivity index (χ3v) is 13.3. The van der Waals surface area contributed by atoms with E-state index < -0.39 is 0 Å². The molecule has 43 heavy (non-hydrogen) atoms. The van der Waals surface area contributed by atoms with Crippen LogP contribution < -0.4 is 15.4 Å². The van der Waals surface area contributed by atoms with Gasteiger partial charge in [0.25, 0.3) is 0 Å². The van der Waals surface area contributed by atoms with Crippen LogP contribution in [0.2, 0.25) is 0 Å². The fourth-order valence-corrected chi connectivity index (χ4v) is 11.2. The molecule has 3 N–H and O–H groups in total. The van der Waals surface area contributed by atoms with E-state index in [0.29, 0.717) is 22.6 Å². The SMILES string of the molecule is Cc1cccc(C)c1C1CC2NC(NSC3CCCC(C3)CN3CCN(C4CC5(CCCC5)C4)[C@H](CC(C)C)[C@H](C3)O2)N1. The van der Waals surface area contributed by atoms with Gasteiger partial charge in [-0.25, -0.2) is 4.72 Å². The van der Waals surface area contributed by atoms with Crippen LogP contribution >= 0.6 is 11.9 Å². The molecule has 3 aliphatic carbocycles. The molecule has 1 aromatic carbocycles. The lowest BCUT2D eigenvalue weighted by molar-refractivity contribution is -0.115. The number of hydrogen-bond acceptors (Lipinski definition) is 7. The van der Waals surface area contributed by atoms with Crippen LogP contribution in [0, 0.1) is 31.1 Å². The van der Waals surface area contributed by atoms with Crippen molar-refractivity contribution in [3.63, 3.8) is 0 Å². The molecule has 0 aromatic heterocycles. The molecule has 3 saturated heterocycles. The molecular weight excluding hydrogens is 550 g/mol. The minimum absolute atomic E-state index is 0.0208. The molecule has 6 aliphatic rings. The molecule has 7 heteroatoms.